The van der Waals surface area contributed by atoms with Gasteiger partial charge in [-0.15, -0.1) is 0 Å². The first-order valence-electron chi connectivity index (χ1n) is 7.89. The second kappa shape index (κ2) is 6.72. The van der Waals surface area contributed by atoms with Crippen LogP contribution in [-0.4, -0.2) is 37.1 Å². The summed E-state index contributed by atoms with van der Waals surface area (Å²) >= 11 is 0. The van der Waals surface area contributed by atoms with Gasteiger partial charge in [-0.05, 0) is 42.7 Å². The highest BCUT2D eigenvalue weighted by molar-refractivity contribution is 7.92. The van der Waals surface area contributed by atoms with Crippen molar-refractivity contribution in [2.45, 2.75) is 19.9 Å². The highest BCUT2D eigenvalue weighted by Crippen LogP contribution is 2.27. The summed E-state index contributed by atoms with van der Waals surface area (Å²) in [6, 6.07) is 8.83. The number of pyridine rings is 1. The molecule has 0 bridgehead atoms. The number of aryl methyl sites for hydroxylation is 1. The zero-order valence-corrected chi connectivity index (χ0v) is 14.9. The number of hydrogen-bond acceptors (Lipinski definition) is 4. The van der Waals surface area contributed by atoms with E-state index in [0.29, 0.717) is 30.9 Å². The predicted molar refractivity (Wildman–Crippen MR) is 97.0 cm³/mol. The third-order valence-corrected chi connectivity index (χ3v) is 4.59. The van der Waals surface area contributed by atoms with E-state index < -0.39 is 10.0 Å². The topological polar surface area (TPSA) is 91.4 Å². The average molecular weight is 360 g/mol. The van der Waals surface area contributed by atoms with Crippen LogP contribution in [0.3, 0.4) is 0 Å². The van der Waals surface area contributed by atoms with E-state index in [1.807, 2.05) is 19.1 Å². The van der Waals surface area contributed by atoms with Crippen molar-refractivity contribution in [3.8, 4) is 0 Å². The normalized spacial score (nSPS) is 13.9. The van der Waals surface area contributed by atoms with Gasteiger partial charge in [0.25, 0.3) is 0 Å². The summed E-state index contributed by atoms with van der Waals surface area (Å²) in [5.74, 6) is 0. The van der Waals surface area contributed by atoms with Crippen LogP contribution in [0, 0.1) is 6.92 Å². The fraction of sp³-hybridized carbons (Fsp3) is 0.294. The molecule has 0 aliphatic carbocycles. The maximum Gasteiger partial charge on any atom is 0.322 e. The van der Waals surface area contributed by atoms with E-state index >= 15 is 0 Å². The molecule has 2 aromatic rings. The summed E-state index contributed by atoms with van der Waals surface area (Å²) in [7, 11) is -3.33. The van der Waals surface area contributed by atoms with Crippen LogP contribution < -0.4 is 10.0 Å². The monoisotopic (exact) mass is 360 g/mol. The van der Waals surface area contributed by atoms with Crippen LogP contribution in [0.25, 0.3) is 0 Å². The Morgan fingerprint density at radius 2 is 2.08 bits per heavy atom. The van der Waals surface area contributed by atoms with Crippen molar-refractivity contribution in [1.29, 1.82) is 0 Å². The Morgan fingerprint density at radius 3 is 2.80 bits per heavy atom. The minimum Gasteiger partial charge on any atom is -0.320 e. The highest BCUT2D eigenvalue weighted by atomic mass is 32.2. The molecule has 8 heteroatoms. The Morgan fingerprint density at radius 1 is 1.28 bits per heavy atom. The molecule has 3 rings (SSSR count). The van der Waals surface area contributed by atoms with Gasteiger partial charge in [-0.25, -0.2) is 13.2 Å². The quantitative estimate of drug-likeness (QED) is 0.879. The maximum absolute atomic E-state index is 12.5. The van der Waals surface area contributed by atoms with Gasteiger partial charge < -0.3 is 10.2 Å². The number of urea groups is 1. The number of carbonyl (C=O) groups is 1. The SMILES string of the molecule is Cc1cc(NC(=O)N2CCc3c(cccc3NS(C)(=O)=O)C2)ccn1. The van der Waals surface area contributed by atoms with Crippen LogP contribution in [0.15, 0.2) is 36.5 Å². The number of carbonyl (C=O) groups excluding carboxylic acids is 1. The van der Waals surface area contributed by atoms with Gasteiger partial charge in [-0.3, -0.25) is 9.71 Å². The van der Waals surface area contributed by atoms with E-state index in [0.717, 1.165) is 23.1 Å². The van der Waals surface area contributed by atoms with Gasteiger partial charge in [-0.2, -0.15) is 0 Å². The number of anilines is 2. The van der Waals surface area contributed by atoms with Crippen LogP contribution in [0.1, 0.15) is 16.8 Å². The van der Waals surface area contributed by atoms with Gasteiger partial charge in [0.15, 0.2) is 0 Å². The zero-order valence-electron chi connectivity index (χ0n) is 14.1. The number of amides is 2. The van der Waals surface area contributed by atoms with E-state index in [4.69, 9.17) is 0 Å². The summed E-state index contributed by atoms with van der Waals surface area (Å²) in [5.41, 5.74) is 4.01. The minimum absolute atomic E-state index is 0.183. The number of rotatable bonds is 3. The van der Waals surface area contributed by atoms with E-state index in [2.05, 4.69) is 15.0 Å². The summed E-state index contributed by atoms with van der Waals surface area (Å²) in [6.07, 6.45) is 3.38. The van der Waals surface area contributed by atoms with E-state index in [1.165, 1.54) is 0 Å². The minimum atomic E-state index is -3.33. The molecule has 1 aliphatic heterocycles. The largest absolute Gasteiger partial charge is 0.322 e. The number of aromatic nitrogens is 1. The van der Waals surface area contributed by atoms with Crippen LogP contribution in [0.4, 0.5) is 16.2 Å². The van der Waals surface area contributed by atoms with Crippen molar-refractivity contribution in [3.63, 3.8) is 0 Å². The molecule has 0 spiro atoms. The maximum atomic E-state index is 12.5. The first-order valence-corrected chi connectivity index (χ1v) is 9.78. The Balaban J connectivity index is 1.75. The van der Waals surface area contributed by atoms with E-state index in [-0.39, 0.29) is 6.03 Å². The third kappa shape index (κ3) is 4.27. The molecule has 1 aromatic carbocycles. The second-order valence-electron chi connectivity index (χ2n) is 6.11. The molecule has 1 aliphatic rings. The fourth-order valence-electron chi connectivity index (χ4n) is 2.90. The molecule has 0 saturated carbocycles. The van der Waals surface area contributed by atoms with E-state index in [1.54, 1.807) is 29.3 Å². The lowest BCUT2D eigenvalue weighted by Crippen LogP contribution is -2.39. The van der Waals surface area contributed by atoms with Gasteiger partial charge in [0.2, 0.25) is 10.0 Å². The van der Waals surface area contributed by atoms with Crippen LogP contribution in [-0.2, 0) is 23.0 Å². The van der Waals surface area contributed by atoms with Gasteiger partial charge in [0.1, 0.15) is 0 Å². The average Bonchev–Trinajstić information content (AvgIpc) is 2.53. The molecule has 7 nitrogen and oxygen atoms in total. The van der Waals surface area contributed by atoms with Gasteiger partial charge in [0, 0.05) is 30.7 Å². The molecule has 2 heterocycles. The lowest BCUT2D eigenvalue weighted by molar-refractivity contribution is 0.206. The Kier molecular flexibility index (Phi) is 4.63. The molecule has 132 valence electrons. The van der Waals surface area contributed by atoms with E-state index in [9.17, 15) is 13.2 Å². The van der Waals surface area contributed by atoms with Crippen LogP contribution in [0.2, 0.25) is 0 Å². The Hall–Kier alpha value is -2.61. The molecular weight excluding hydrogens is 340 g/mol. The molecular formula is C17H20N4O3S. The van der Waals surface area contributed by atoms with Gasteiger partial charge >= 0.3 is 6.03 Å². The third-order valence-electron chi connectivity index (χ3n) is 4.00. The highest BCUT2D eigenvalue weighted by Gasteiger charge is 2.23. The standard InChI is InChI=1S/C17H20N4O3S/c1-12-10-14(6-8-18-12)19-17(22)21-9-7-15-13(11-21)4-3-5-16(15)20-25(2,23)24/h3-6,8,10,20H,7,9,11H2,1-2H3,(H,18,19,22). The Labute approximate surface area is 147 Å². The molecule has 0 unspecified atom stereocenters. The van der Waals surface area contributed by atoms with Crippen molar-refractivity contribution < 1.29 is 13.2 Å². The number of nitrogens with zero attached hydrogens (tertiary/aromatic N) is 2. The molecule has 1 aromatic heterocycles. The Bertz CT molecular complexity index is 912. The molecule has 2 N–H and O–H groups in total. The fourth-order valence-corrected chi connectivity index (χ4v) is 3.49. The summed E-state index contributed by atoms with van der Waals surface area (Å²) in [6.45, 7) is 2.82. The van der Waals surface area contributed by atoms with Crippen LogP contribution in [0.5, 0.6) is 0 Å². The first kappa shape index (κ1) is 17.2. The molecule has 0 fully saturated rings. The summed E-state index contributed by atoms with van der Waals surface area (Å²) in [5, 5.41) is 2.87. The van der Waals surface area contributed by atoms with Crippen molar-refractivity contribution in [3.05, 3.63) is 53.3 Å². The van der Waals surface area contributed by atoms with Gasteiger partial charge in [-0.1, -0.05) is 12.1 Å². The lowest BCUT2D eigenvalue weighted by atomic mass is 9.98. The van der Waals surface area contributed by atoms with Gasteiger partial charge in [0.05, 0.1) is 11.9 Å². The predicted octanol–water partition coefficient (Wildman–Crippen LogP) is 2.35. The number of benzene rings is 1. The molecule has 0 atom stereocenters. The number of sulfonamides is 1. The molecule has 2 amide bonds. The molecule has 0 radical (unpaired) electrons. The van der Waals surface area contributed by atoms with Crippen molar-refractivity contribution in [1.82, 2.24) is 9.88 Å². The molecule has 25 heavy (non-hydrogen) atoms. The smallest absolute Gasteiger partial charge is 0.320 e. The van der Waals surface area contributed by atoms with Crippen molar-refractivity contribution in [2.75, 3.05) is 22.8 Å². The number of nitrogens with one attached hydrogen (secondary N) is 2. The lowest BCUT2D eigenvalue weighted by Gasteiger charge is -2.30. The number of hydrogen-bond donors (Lipinski definition) is 2. The summed E-state index contributed by atoms with van der Waals surface area (Å²) in [4.78, 5) is 18.3. The van der Waals surface area contributed by atoms with Crippen molar-refractivity contribution >= 4 is 27.4 Å². The van der Waals surface area contributed by atoms with Crippen molar-refractivity contribution in [2.24, 2.45) is 0 Å². The van der Waals surface area contributed by atoms with Crippen LogP contribution >= 0.6 is 0 Å². The molecule has 0 saturated heterocycles. The second-order valence-corrected chi connectivity index (χ2v) is 7.85. The number of fused-ring (bicyclic) bond motifs is 1. The zero-order chi connectivity index (χ0) is 18.0. The first-order chi connectivity index (χ1) is 11.8. The summed E-state index contributed by atoms with van der Waals surface area (Å²) < 4.78 is 25.5.